The summed E-state index contributed by atoms with van der Waals surface area (Å²) in [5.41, 5.74) is 0.705. The van der Waals surface area contributed by atoms with E-state index in [0.29, 0.717) is 18.1 Å². The number of amides is 1. The Balaban J connectivity index is 2.34. The maximum absolute atomic E-state index is 11.2. The molecule has 1 amide bonds. The third-order valence-electron chi connectivity index (χ3n) is 1.87. The van der Waals surface area contributed by atoms with E-state index < -0.39 is 5.97 Å². The molecule has 0 unspecified atom stereocenters. The van der Waals surface area contributed by atoms with Crippen LogP contribution in [-0.4, -0.2) is 27.0 Å². The highest BCUT2D eigenvalue weighted by Crippen LogP contribution is 1.95. The fourth-order valence-corrected chi connectivity index (χ4v) is 1.10. The third-order valence-corrected chi connectivity index (χ3v) is 1.87. The van der Waals surface area contributed by atoms with Crippen molar-refractivity contribution in [3.63, 3.8) is 0 Å². The number of aromatic nitrogens is 2. The number of carboxylic acid groups (broad SMARTS) is 1. The number of carbonyl (C=O) groups is 2. The monoisotopic (exact) mass is 223 g/mol. The smallest absolute Gasteiger partial charge is 0.303 e. The Bertz CT molecular complexity index is 393. The molecule has 86 valence electrons. The number of nitrogens with zero attached hydrogens (tertiary/aromatic N) is 2. The second-order valence-electron chi connectivity index (χ2n) is 3.27. The molecule has 1 aromatic rings. The molecule has 0 aliphatic carbocycles. The molecule has 0 saturated heterocycles. The molecule has 0 fully saturated rings. The molecule has 0 saturated carbocycles. The SMILES string of the molecule is Cc1nccc(CNC(=O)CCC(=O)O)n1. The second kappa shape index (κ2) is 5.79. The van der Waals surface area contributed by atoms with Gasteiger partial charge in [-0.15, -0.1) is 0 Å². The van der Waals surface area contributed by atoms with Gasteiger partial charge in [0, 0.05) is 12.6 Å². The minimum Gasteiger partial charge on any atom is -0.481 e. The van der Waals surface area contributed by atoms with Gasteiger partial charge in [-0.3, -0.25) is 9.59 Å². The highest BCUT2D eigenvalue weighted by Gasteiger charge is 2.05. The van der Waals surface area contributed by atoms with Crippen LogP contribution in [0.1, 0.15) is 24.4 Å². The van der Waals surface area contributed by atoms with Crippen LogP contribution in [0.5, 0.6) is 0 Å². The van der Waals surface area contributed by atoms with E-state index in [2.05, 4.69) is 15.3 Å². The van der Waals surface area contributed by atoms with Gasteiger partial charge < -0.3 is 10.4 Å². The van der Waals surface area contributed by atoms with Crippen LogP contribution in [-0.2, 0) is 16.1 Å². The molecule has 2 N–H and O–H groups in total. The molecule has 0 spiro atoms. The molecule has 0 aliphatic rings. The van der Waals surface area contributed by atoms with E-state index in [4.69, 9.17) is 5.11 Å². The molecule has 0 bridgehead atoms. The van der Waals surface area contributed by atoms with Crippen LogP contribution < -0.4 is 5.32 Å². The van der Waals surface area contributed by atoms with E-state index >= 15 is 0 Å². The van der Waals surface area contributed by atoms with Gasteiger partial charge >= 0.3 is 5.97 Å². The Morgan fingerprint density at radius 1 is 1.44 bits per heavy atom. The number of hydrogen-bond donors (Lipinski definition) is 2. The van der Waals surface area contributed by atoms with E-state index in [9.17, 15) is 9.59 Å². The number of carboxylic acids is 1. The standard InChI is InChI=1S/C10H13N3O3/c1-7-11-5-4-8(13-7)6-12-9(14)2-3-10(15)16/h4-5H,2-3,6H2,1H3,(H,12,14)(H,15,16). The van der Waals surface area contributed by atoms with Crippen molar-refractivity contribution in [2.75, 3.05) is 0 Å². The molecule has 1 rings (SSSR count). The lowest BCUT2D eigenvalue weighted by atomic mass is 10.3. The predicted molar refractivity (Wildman–Crippen MR) is 55.5 cm³/mol. The van der Waals surface area contributed by atoms with Gasteiger partial charge in [-0.1, -0.05) is 0 Å². The van der Waals surface area contributed by atoms with E-state index in [1.54, 1.807) is 19.2 Å². The van der Waals surface area contributed by atoms with Gasteiger partial charge in [0.15, 0.2) is 0 Å². The van der Waals surface area contributed by atoms with Crippen LogP contribution >= 0.6 is 0 Å². The summed E-state index contributed by atoms with van der Waals surface area (Å²) >= 11 is 0. The molecule has 6 nitrogen and oxygen atoms in total. The molecular weight excluding hydrogens is 210 g/mol. The summed E-state index contributed by atoms with van der Waals surface area (Å²) < 4.78 is 0. The first-order valence-corrected chi connectivity index (χ1v) is 4.85. The topological polar surface area (TPSA) is 92.2 Å². The minimum atomic E-state index is -0.979. The van der Waals surface area contributed by atoms with Crippen molar-refractivity contribution in [3.8, 4) is 0 Å². The number of aliphatic carboxylic acids is 1. The van der Waals surface area contributed by atoms with Crippen molar-refractivity contribution in [2.45, 2.75) is 26.3 Å². The third kappa shape index (κ3) is 4.50. The molecule has 0 atom stereocenters. The highest BCUT2D eigenvalue weighted by molar-refractivity contribution is 5.80. The largest absolute Gasteiger partial charge is 0.481 e. The first-order chi connectivity index (χ1) is 7.58. The number of carbonyl (C=O) groups excluding carboxylic acids is 1. The van der Waals surface area contributed by atoms with E-state index in [0.717, 1.165) is 0 Å². The fraction of sp³-hybridized carbons (Fsp3) is 0.400. The first kappa shape index (κ1) is 12.1. The van der Waals surface area contributed by atoms with Gasteiger partial charge in [0.2, 0.25) is 5.91 Å². The molecule has 0 aromatic carbocycles. The summed E-state index contributed by atoms with van der Waals surface area (Å²) in [4.78, 5) is 29.4. The van der Waals surface area contributed by atoms with Crippen LogP contribution in [0.3, 0.4) is 0 Å². The number of hydrogen-bond acceptors (Lipinski definition) is 4. The Labute approximate surface area is 92.7 Å². The Morgan fingerprint density at radius 3 is 2.81 bits per heavy atom. The number of nitrogens with one attached hydrogen (secondary N) is 1. The zero-order valence-electron chi connectivity index (χ0n) is 8.93. The maximum Gasteiger partial charge on any atom is 0.303 e. The van der Waals surface area contributed by atoms with Gasteiger partial charge in [0.25, 0.3) is 0 Å². The molecule has 1 heterocycles. The van der Waals surface area contributed by atoms with Crippen molar-refractivity contribution in [2.24, 2.45) is 0 Å². The van der Waals surface area contributed by atoms with E-state index in [1.807, 2.05) is 0 Å². The minimum absolute atomic E-state index is 0.0145. The van der Waals surface area contributed by atoms with Gasteiger partial charge in [-0.25, -0.2) is 9.97 Å². The van der Waals surface area contributed by atoms with Gasteiger partial charge in [-0.05, 0) is 13.0 Å². The summed E-state index contributed by atoms with van der Waals surface area (Å²) in [6.07, 6.45) is 1.44. The molecule has 0 aliphatic heterocycles. The lowest BCUT2D eigenvalue weighted by Crippen LogP contribution is -2.23. The molecule has 0 radical (unpaired) electrons. The highest BCUT2D eigenvalue weighted by atomic mass is 16.4. The fourth-order valence-electron chi connectivity index (χ4n) is 1.10. The van der Waals surface area contributed by atoms with Crippen LogP contribution in [0, 0.1) is 6.92 Å². The number of aryl methyl sites for hydroxylation is 1. The molecule has 1 aromatic heterocycles. The summed E-state index contributed by atoms with van der Waals surface area (Å²) in [7, 11) is 0. The van der Waals surface area contributed by atoms with Gasteiger partial charge in [0.1, 0.15) is 5.82 Å². The zero-order chi connectivity index (χ0) is 12.0. The summed E-state index contributed by atoms with van der Waals surface area (Å²) in [6, 6.07) is 1.70. The summed E-state index contributed by atoms with van der Waals surface area (Å²) in [5.74, 6) is -0.635. The second-order valence-corrected chi connectivity index (χ2v) is 3.27. The molecule has 16 heavy (non-hydrogen) atoms. The van der Waals surface area contributed by atoms with Crippen molar-refractivity contribution >= 4 is 11.9 Å². The first-order valence-electron chi connectivity index (χ1n) is 4.85. The van der Waals surface area contributed by atoms with Crippen LogP contribution in [0.15, 0.2) is 12.3 Å². The summed E-state index contributed by atoms with van der Waals surface area (Å²) in [6.45, 7) is 2.05. The van der Waals surface area contributed by atoms with Crippen LogP contribution in [0.2, 0.25) is 0 Å². The van der Waals surface area contributed by atoms with Crippen LogP contribution in [0.25, 0.3) is 0 Å². The average molecular weight is 223 g/mol. The van der Waals surface area contributed by atoms with Crippen molar-refractivity contribution in [1.82, 2.24) is 15.3 Å². The van der Waals surface area contributed by atoms with Crippen LogP contribution in [0.4, 0.5) is 0 Å². The predicted octanol–water partition coefficient (Wildman–Crippen LogP) is 0.266. The van der Waals surface area contributed by atoms with E-state index in [1.165, 1.54) is 0 Å². The molecular formula is C10H13N3O3. The van der Waals surface area contributed by atoms with Crippen molar-refractivity contribution < 1.29 is 14.7 Å². The van der Waals surface area contributed by atoms with Crippen molar-refractivity contribution in [3.05, 3.63) is 23.8 Å². The maximum atomic E-state index is 11.2. The normalized spacial score (nSPS) is 9.81. The van der Waals surface area contributed by atoms with E-state index in [-0.39, 0.29) is 18.7 Å². The average Bonchev–Trinajstić information content (AvgIpc) is 2.23. The quantitative estimate of drug-likeness (QED) is 0.747. The Morgan fingerprint density at radius 2 is 2.19 bits per heavy atom. The lowest BCUT2D eigenvalue weighted by Gasteiger charge is -2.03. The number of rotatable bonds is 5. The summed E-state index contributed by atoms with van der Waals surface area (Å²) in [5, 5.41) is 11.0. The molecule has 6 heteroatoms. The van der Waals surface area contributed by atoms with Gasteiger partial charge in [-0.2, -0.15) is 0 Å². The zero-order valence-corrected chi connectivity index (χ0v) is 8.93. The lowest BCUT2D eigenvalue weighted by molar-refractivity contribution is -0.138. The van der Waals surface area contributed by atoms with Gasteiger partial charge in [0.05, 0.1) is 18.7 Å². The Hall–Kier alpha value is -1.98. The Kier molecular flexibility index (Phi) is 4.38. The van der Waals surface area contributed by atoms with Crippen molar-refractivity contribution in [1.29, 1.82) is 0 Å².